The number of anilines is 2. The van der Waals surface area contributed by atoms with Crippen LogP contribution in [-0.2, 0) is 14.3 Å². The van der Waals surface area contributed by atoms with Gasteiger partial charge in [0, 0.05) is 5.69 Å². The third kappa shape index (κ3) is 3.18. The molecule has 1 saturated heterocycles. The molecule has 6 heteroatoms. The van der Waals surface area contributed by atoms with E-state index in [2.05, 4.69) is 0 Å². The molecule has 6 nitrogen and oxygen atoms in total. The number of imide groups is 1. The van der Waals surface area contributed by atoms with Crippen LogP contribution in [0.25, 0.3) is 0 Å². The molecule has 0 saturated carbocycles. The van der Waals surface area contributed by atoms with Gasteiger partial charge in [-0.05, 0) is 38.1 Å². The van der Waals surface area contributed by atoms with Gasteiger partial charge in [-0.3, -0.25) is 9.69 Å². The summed E-state index contributed by atoms with van der Waals surface area (Å²) in [5, 5.41) is 0. The Morgan fingerprint density at radius 1 is 0.923 bits per heavy atom. The van der Waals surface area contributed by atoms with Crippen LogP contribution in [0.2, 0.25) is 0 Å². The van der Waals surface area contributed by atoms with Gasteiger partial charge in [-0.15, -0.1) is 0 Å². The summed E-state index contributed by atoms with van der Waals surface area (Å²) in [7, 11) is 1.25. The molecule has 2 aromatic carbocycles. The highest BCUT2D eigenvalue weighted by Gasteiger charge is 2.44. The largest absolute Gasteiger partial charge is 0.467 e. The standard InChI is InChI=1S/C20H20N2O4/c1-13-4-8-15(9-5-13)21-17(19(24)26-3)12-18(23)22(20(21)25)16-10-6-14(2)7-11-16/h4-11,17H,12H2,1-3H3. The van der Waals surface area contributed by atoms with E-state index in [-0.39, 0.29) is 6.42 Å². The molecule has 1 fully saturated rings. The van der Waals surface area contributed by atoms with E-state index in [0.717, 1.165) is 16.0 Å². The molecule has 1 aliphatic rings. The van der Waals surface area contributed by atoms with Gasteiger partial charge in [-0.2, -0.15) is 0 Å². The van der Waals surface area contributed by atoms with Gasteiger partial charge in [-0.1, -0.05) is 35.4 Å². The molecule has 0 aromatic heterocycles. The second-order valence-corrected chi connectivity index (χ2v) is 6.30. The number of nitrogens with zero attached hydrogens (tertiary/aromatic N) is 2. The van der Waals surface area contributed by atoms with E-state index < -0.39 is 23.9 Å². The first-order chi connectivity index (χ1) is 12.4. The average Bonchev–Trinajstić information content (AvgIpc) is 2.63. The van der Waals surface area contributed by atoms with Crippen molar-refractivity contribution in [1.29, 1.82) is 0 Å². The van der Waals surface area contributed by atoms with E-state index in [1.807, 2.05) is 38.1 Å². The summed E-state index contributed by atoms with van der Waals surface area (Å²) >= 11 is 0. The Bertz CT molecular complexity index is 843. The number of carbonyl (C=O) groups excluding carboxylic acids is 3. The summed E-state index contributed by atoms with van der Waals surface area (Å²) in [6, 6.07) is 12.8. The third-order valence-electron chi connectivity index (χ3n) is 4.40. The predicted molar refractivity (Wildman–Crippen MR) is 98.1 cm³/mol. The third-order valence-corrected chi connectivity index (χ3v) is 4.40. The highest BCUT2D eigenvalue weighted by Crippen LogP contribution is 2.30. The van der Waals surface area contributed by atoms with Crippen LogP contribution < -0.4 is 9.80 Å². The van der Waals surface area contributed by atoms with Crippen molar-refractivity contribution in [3.05, 3.63) is 59.7 Å². The highest BCUT2D eigenvalue weighted by molar-refractivity contribution is 6.24. The Balaban J connectivity index is 2.05. The second kappa shape index (κ2) is 7.00. The van der Waals surface area contributed by atoms with Crippen LogP contribution in [-0.4, -0.2) is 31.1 Å². The molecule has 26 heavy (non-hydrogen) atoms. The second-order valence-electron chi connectivity index (χ2n) is 6.30. The zero-order chi connectivity index (χ0) is 18.8. The van der Waals surface area contributed by atoms with Crippen molar-refractivity contribution in [3.63, 3.8) is 0 Å². The van der Waals surface area contributed by atoms with Gasteiger partial charge in [0.15, 0.2) is 0 Å². The molecular formula is C20H20N2O4. The number of rotatable bonds is 3. The summed E-state index contributed by atoms with van der Waals surface area (Å²) in [4.78, 5) is 40.4. The molecule has 0 spiro atoms. The highest BCUT2D eigenvalue weighted by atomic mass is 16.5. The summed E-state index contributed by atoms with van der Waals surface area (Å²) in [5.74, 6) is -1.05. The van der Waals surface area contributed by atoms with Crippen molar-refractivity contribution in [2.45, 2.75) is 26.3 Å². The summed E-state index contributed by atoms with van der Waals surface area (Å²) in [6.07, 6.45) is -0.139. The van der Waals surface area contributed by atoms with Crippen molar-refractivity contribution in [2.24, 2.45) is 0 Å². The van der Waals surface area contributed by atoms with Crippen LogP contribution in [0.4, 0.5) is 16.2 Å². The number of urea groups is 1. The normalized spacial score (nSPS) is 17.4. The number of hydrogen-bond acceptors (Lipinski definition) is 4. The number of amides is 3. The van der Waals surface area contributed by atoms with Crippen LogP contribution in [0.1, 0.15) is 17.5 Å². The monoisotopic (exact) mass is 352 g/mol. The van der Waals surface area contributed by atoms with Crippen LogP contribution in [0.15, 0.2) is 48.5 Å². The fourth-order valence-corrected chi connectivity index (χ4v) is 2.96. The molecule has 0 N–H and O–H groups in total. The van der Waals surface area contributed by atoms with Crippen molar-refractivity contribution in [2.75, 3.05) is 16.9 Å². The Labute approximate surface area is 152 Å². The number of esters is 1. The molecule has 3 rings (SSSR count). The van der Waals surface area contributed by atoms with E-state index >= 15 is 0 Å². The number of hydrogen-bond donors (Lipinski definition) is 0. The van der Waals surface area contributed by atoms with E-state index in [0.29, 0.717) is 11.4 Å². The van der Waals surface area contributed by atoms with Gasteiger partial charge in [0.25, 0.3) is 0 Å². The quantitative estimate of drug-likeness (QED) is 0.796. The molecule has 1 unspecified atom stereocenters. The number of aryl methyl sites for hydroxylation is 2. The van der Waals surface area contributed by atoms with E-state index in [1.54, 1.807) is 24.3 Å². The SMILES string of the molecule is COC(=O)C1CC(=O)N(c2ccc(C)cc2)C(=O)N1c1ccc(C)cc1. The molecule has 0 aliphatic carbocycles. The lowest BCUT2D eigenvalue weighted by atomic mass is 10.1. The van der Waals surface area contributed by atoms with E-state index in [9.17, 15) is 14.4 Å². The van der Waals surface area contributed by atoms with E-state index in [1.165, 1.54) is 12.0 Å². The zero-order valence-electron chi connectivity index (χ0n) is 14.9. The van der Waals surface area contributed by atoms with Crippen LogP contribution >= 0.6 is 0 Å². The summed E-state index contributed by atoms with van der Waals surface area (Å²) in [6.45, 7) is 3.86. The van der Waals surface area contributed by atoms with Gasteiger partial charge < -0.3 is 4.74 Å². The fourth-order valence-electron chi connectivity index (χ4n) is 2.96. The maximum Gasteiger partial charge on any atom is 0.336 e. The number of ether oxygens (including phenoxy) is 1. The first-order valence-corrected chi connectivity index (χ1v) is 8.29. The first kappa shape index (κ1) is 17.7. The van der Waals surface area contributed by atoms with Gasteiger partial charge in [0.2, 0.25) is 5.91 Å². The Kier molecular flexibility index (Phi) is 4.75. The molecule has 0 bridgehead atoms. The van der Waals surface area contributed by atoms with Crippen molar-refractivity contribution in [3.8, 4) is 0 Å². The van der Waals surface area contributed by atoms with E-state index in [4.69, 9.17) is 4.74 Å². The number of benzene rings is 2. The van der Waals surface area contributed by atoms with Crippen molar-refractivity contribution < 1.29 is 19.1 Å². The lowest BCUT2D eigenvalue weighted by Gasteiger charge is -2.38. The molecule has 1 aliphatic heterocycles. The molecule has 134 valence electrons. The molecule has 3 amide bonds. The predicted octanol–water partition coefficient (Wildman–Crippen LogP) is 3.21. The molecule has 1 atom stereocenters. The van der Waals surface area contributed by atoms with Crippen molar-refractivity contribution >= 4 is 29.3 Å². The van der Waals surface area contributed by atoms with Crippen molar-refractivity contribution in [1.82, 2.24) is 0 Å². The topological polar surface area (TPSA) is 66.9 Å². The van der Waals surface area contributed by atoms with Gasteiger partial charge >= 0.3 is 12.0 Å². The van der Waals surface area contributed by atoms with Crippen LogP contribution in [0, 0.1) is 13.8 Å². The fraction of sp³-hybridized carbons (Fsp3) is 0.250. The van der Waals surface area contributed by atoms with Crippen LogP contribution in [0.5, 0.6) is 0 Å². The summed E-state index contributed by atoms with van der Waals surface area (Å²) in [5.41, 5.74) is 3.07. The molecular weight excluding hydrogens is 332 g/mol. The maximum atomic E-state index is 13.2. The maximum absolute atomic E-state index is 13.2. The first-order valence-electron chi connectivity index (χ1n) is 8.29. The Hall–Kier alpha value is -3.15. The minimum atomic E-state index is -0.982. The van der Waals surface area contributed by atoms with Gasteiger partial charge in [-0.25, -0.2) is 14.5 Å². The Morgan fingerprint density at radius 3 is 1.92 bits per heavy atom. The average molecular weight is 352 g/mol. The molecule has 1 heterocycles. The minimum Gasteiger partial charge on any atom is -0.467 e. The zero-order valence-corrected chi connectivity index (χ0v) is 14.9. The minimum absolute atomic E-state index is 0.139. The summed E-state index contributed by atoms with van der Waals surface area (Å²) < 4.78 is 4.81. The van der Waals surface area contributed by atoms with Crippen LogP contribution in [0.3, 0.4) is 0 Å². The number of carbonyl (C=O) groups is 3. The molecule has 0 radical (unpaired) electrons. The lowest BCUT2D eigenvalue weighted by molar-refractivity contribution is -0.143. The Morgan fingerprint density at radius 2 is 1.42 bits per heavy atom. The number of methoxy groups -OCH3 is 1. The lowest BCUT2D eigenvalue weighted by Crippen LogP contribution is -2.60. The van der Waals surface area contributed by atoms with Gasteiger partial charge in [0.05, 0.1) is 19.2 Å². The molecule has 2 aromatic rings. The smallest absolute Gasteiger partial charge is 0.336 e. The van der Waals surface area contributed by atoms with Gasteiger partial charge in [0.1, 0.15) is 6.04 Å².